The summed E-state index contributed by atoms with van der Waals surface area (Å²) in [7, 11) is 3.27. The van der Waals surface area contributed by atoms with Crippen molar-refractivity contribution in [3.63, 3.8) is 0 Å². The lowest BCUT2D eigenvalue weighted by Gasteiger charge is -2.13. The molecule has 1 N–H and O–H groups in total. The van der Waals surface area contributed by atoms with Gasteiger partial charge < -0.3 is 14.8 Å². The predicted octanol–water partition coefficient (Wildman–Crippen LogP) is 3.26. The molecule has 0 saturated carbocycles. The number of nitrogens with one attached hydrogen (secondary N) is 1. The van der Waals surface area contributed by atoms with Crippen molar-refractivity contribution in [1.29, 1.82) is 0 Å². The van der Waals surface area contributed by atoms with Crippen LogP contribution in [-0.4, -0.2) is 41.0 Å². The number of rotatable bonds is 6. The maximum atomic E-state index is 12.8. The zero-order valence-corrected chi connectivity index (χ0v) is 15.1. The molecule has 3 aromatic rings. The molecule has 0 aliphatic rings. The second-order valence-electron chi connectivity index (χ2n) is 5.91. The van der Waals surface area contributed by atoms with E-state index in [0.29, 0.717) is 23.6 Å². The van der Waals surface area contributed by atoms with Crippen LogP contribution in [0.2, 0.25) is 0 Å². The van der Waals surface area contributed by atoms with Gasteiger partial charge in [0.15, 0.2) is 0 Å². The molecule has 0 aliphatic heterocycles. The number of hydrogen-bond donors (Lipinski definition) is 1. The number of alkyl halides is 3. The fraction of sp³-hybridized carbons (Fsp3) is 0.278. The van der Waals surface area contributed by atoms with Gasteiger partial charge in [-0.25, -0.2) is 4.98 Å². The molecule has 0 saturated heterocycles. The average Bonchev–Trinajstić information content (AvgIpc) is 3.00. The van der Waals surface area contributed by atoms with Crippen LogP contribution in [0.25, 0.3) is 10.9 Å². The molecule has 0 spiro atoms. The highest BCUT2D eigenvalue weighted by Gasteiger charge is 2.33. The average molecular weight is 394 g/mol. The van der Waals surface area contributed by atoms with Gasteiger partial charge in [-0.15, -0.1) is 0 Å². The van der Waals surface area contributed by atoms with E-state index in [1.165, 1.54) is 13.2 Å². The Hall–Kier alpha value is -3.14. The van der Waals surface area contributed by atoms with E-state index in [9.17, 15) is 18.0 Å². The van der Waals surface area contributed by atoms with Crippen molar-refractivity contribution in [2.24, 2.45) is 7.05 Å². The summed E-state index contributed by atoms with van der Waals surface area (Å²) in [6, 6.07) is 6.41. The van der Waals surface area contributed by atoms with E-state index in [2.05, 4.69) is 15.4 Å². The lowest BCUT2D eigenvalue weighted by Crippen LogP contribution is -2.17. The number of ether oxygens (including phenoxy) is 2. The zero-order chi connectivity index (χ0) is 20.3. The molecule has 1 aromatic carbocycles. The first-order valence-corrected chi connectivity index (χ1v) is 8.22. The number of pyridine rings is 1. The Morgan fingerprint density at radius 3 is 2.75 bits per heavy atom. The van der Waals surface area contributed by atoms with Crippen molar-refractivity contribution in [3.8, 4) is 5.75 Å². The third-order valence-corrected chi connectivity index (χ3v) is 3.79. The van der Waals surface area contributed by atoms with Crippen LogP contribution in [0.3, 0.4) is 0 Å². The molecule has 3 rings (SSSR count). The number of hydrogen-bond acceptors (Lipinski definition) is 5. The van der Waals surface area contributed by atoms with Crippen LogP contribution >= 0.6 is 0 Å². The lowest BCUT2D eigenvalue weighted by atomic mass is 10.2. The molecule has 2 heterocycles. The van der Waals surface area contributed by atoms with Gasteiger partial charge in [0.2, 0.25) is 0 Å². The molecular formula is C18H17F3N4O3. The third-order valence-electron chi connectivity index (χ3n) is 3.79. The number of aromatic nitrogens is 3. The first-order chi connectivity index (χ1) is 13.3. The molecule has 0 unspecified atom stereocenters. The maximum Gasteiger partial charge on any atom is 0.433 e. The van der Waals surface area contributed by atoms with Crippen molar-refractivity contribution in [2.75, 3.05) is 25.6 Å². The minimum absolute atomic E-state index is 0.222. The van der Waals surface area contributed by atoms with E-state index < -0.39 is 17.8 Å². The second kappa shape index (κ2) is 7.85. The number of carbonyl (C=O) groups is 1. The lowest BCUT2D eigenvalue weighted by molar-refractivity contribution is -0.141. The van der Waals surface area contributed by atoms with Crippen LogP contribution in [0.1, 0.15) is 16.2 Å². The molecule has 2 aromatic heterocycles. The predicted molar refractivity (Wildman–Crippen MR) is 95.3 cm³/mol. The van der Waals surface area contributed by atoms with Gasteiger partial charge in [-0.3, -0.25) is 9.48 Å². The summed E-state index contributed by atoms with van der Waals surface area (Å²) < 4.78 is 50.7. The quantitative estimate of drug-likeness (QED) is 0.650. The Morgan fingerprint density at radius 2 is 2.04 bits per heavy atom. The monoisotopic (exact) mass is 394 g/mol. The van der Waals surface area contributed by atoms with E-state index >= 15 is 0 Å². The first-order valence-electron chi connectivity index (χ1n) is 8.22. The van der Waals surface area contributed by atoms with Gasteiger partial charge in [0.05, 0.1) is 17.8 Å². The SMILES string of the molecule is COCCOc1cc2nn(C)cc2cc1NC(=O)c1cccc(C(F)(F)F)n1. The summed E-state index contributed by atoms with van der Waals surface area (Å²) in [5, 5.41) is 7.57. The highest BCUT2D eigenvalue weighted by atomic mass is 19.4. The highest BCUT2D eigenvalue weighted by Crippen LogP contribution is 2.31. The smallest absolute Gasteiger partial charge is 0.433 e. The normalized spacial score (nSPS) is 11.6. The molecule has 1 amide bonds. The van der Waals surface area contributed by atoms with Gasteiger partial charge in [0.25, 0.3) is 5.91 Å². The van der Waals surface area contributed by atoms with Crippen molar-refractivity contribution in [2.45, 2.75) is 6.18 Å². The van der Waals surface area contributed by atoms with Crippen LogP contribution in [-0.2, 0) is 18.0 Å². The van der Waals surface area contributed by atoms with E-state index in [1.807, 2.05) is 0 Å². The minimum Gasteiger partial charge on any atom is -0.489 e. The number of aryl methyl sites for hydroxylation is 1. The van der Waals surface area contributed by atoms with Gasteiger partial charge in [-0.1, -0.05) is 6.07 Å². The number of anilines is 1. The van der Waals surface area contributed by atoms with Crippen LogP contribution in [0.5, 0.6) is 5.75 Å². The fourth-order valence-electron chi connectivity index (χ4n) is 2.53. The molecule has 148 valence electrons. The maximum absolute atomic E-state index is 12.8. The Morgan fingerprint density at radius 1 is 1.25 bits per heavy atom. The van der Waals surface area contributed by atoms with Crippen LogP contribution in [0, 0.1) is 0 Å². The summed E-state index contributed by atoms with van der Waals surface area (Å²) in [6.07, 6.45) is -2.90. The van der Waals surface area contributed by atoms with Crippen molar-refractivity contribution >= 4 is 22.5 Å². The van der Waals surface area contributed by atoms with E-state index in [4.69, 9.17) is 9.47 Å². The molecule has 0 atom stereocenters. The molecule has 7 nitrogen and oxygen atoms in total. The summed E-state index contributed by atoms with van der Waals surface area (Å²) in [6.45, 7) is 0.544. The number of carbonyl (C=O) groups excluding carboxylic acids is 1. The molecule has 0 bridgehead atoms. The van der Waals surface area contributed by atoms with E-state index in [0.717, 1.165) is 17.5 Å². The van der Waals surface area contributed by atoms with E-state index in [1.54, 1.807) is 30.1 Å². The fourth-order valence-corrected chi connectivity index (χ4v) is 2.53. The number of fused-ring (bicyclic) bond motifs is 1. The van der Waals surface area contributed by atoms with Gasteiger partial charge in [-0.05, 0) is 18.2 Å². The Kier molecular flexibility index (Phi) is 5.50. The first kappa shape index (κ1) is 19.6. The number of halogens is 3. The van der Waals surface area contributed by atoms with Crippen molar-refractivity contribution in [3.05, 3.63) is 47.9 Å². The summed E-state index contributed by atoms with van der Waals surface area (Å²) in [4.78, 5) is 15.9. The summed E-state index contributed by atoms with van der Waals surface area (Å²) in [5.74, 6) is -0.463. The Bertz CT molecular complexity index is 1000. The van der Waals surface area contributed by atoms with Crippen LogP contribution in [0.15, 0.2) is 36.5 Å². The van der Waals surface area contributed by atoms with Crippen molar-refractivity contribution in [1.82, 2.24) is 14.8 Å². The van der Waals surface area contributed by atoms with Crippen LogP contribution in [0.4, 0.5) is 18.9 Å². The molecule has 0 fully saturated rings. The van der Waals surface area contributed by atoms with Gasteiger partial charge >= 0.3 is 6.18 Å². The standard InChI is InChI=1S/C18H17F3N4O3/c1-25-10-11-8-14(15(9-13(11)24-25)28-7-6-27-2)23-17(26)12-4-3-5-16(22-12)18(19,20)21/h3-5,8-10H,6-7H2,1-2H3,(H,23,26). The zero-order valence-electron chi connectivity index (χ0n) is 15.1. The third kappa shape index (κ3) is 4.39. The minimum atomic E-state index is -4.64. The highest BCUT2D eigenvalue weighted by molar-refractivity contribution is 6.05. The van der Waals surface area contributed by atoms with Crippen molar-refractivity contribution < 1.29 is 27.4 Å². The largest absolute Gasteiger partial charge is 0.489 e. The number of nitrogens with zero attached hydrogens (tertiary/aromatic N) is 3. The summed E-state index contributed by atoms with van der Waals surface area (Å²) >= 11 is 0. The molecule has 10 heteroatoms. The molecule has 0 radical (unpaired) electrons. The number of methoxy groups -OCH3 is 1. The van der Waals surface area contributed by atoms with Crippen LogP contribution < -0.4 is 10.1 Å². The molecular weight excluding hydrogens is 377 g/mol. The Balaban J connectivity index is 1.91. The number of amides is 1. The van der Waals surface area contributed by atoms with Gasteiger partial charge in [0.1, 0.15) is 23.7 Å². The topological polar surface area (TPSA) is 78.3 Å². The van der Waals surface area contributed by atoms with E-state index in [-0.39, 0.29) is 12.3 Å². The second-order valence-corrected chi connectivity index (χ2v) is 5.91. The van der Waals surface area contributed by atoms with Gasteiger partial charge in [0, 0.05) is 31.8 Å². The summed E-state index contributed by atoms with van der Waals surface area (Å²) in [5.41, 5.74) is -0.561. The molecule has 0 aliphatic carbocycles. The van der Waals surface area contributed by atoms with Gasteiger partial charge in [-0.2, -0.15) is 18.3 Å². The number of benzene rings is 1. The Labute approximate surface area is 158 Å². The molecule has 28 heavy (non-hydrogen) atoms.